The number of hydrogen-bond donors (Lipinski definition) is 1. The smallest absolute Gasteiger partial charge is 0.245 e. The molecule has 3 unspecified atom stereocenters. The number of nitrogens with one attached hydrogen (secondary N) is 1. The van der Waals surface area contributed by atoms with E-state index in [4.69, 9.17) is 0 Å². The number of nitrogens with zero attached hydrogens (tertiary/aromatic N) is 2. The van der Waals surface area contributed by atoms with E-state index in [1.807, 2.05) is 37.2 Å². The summed E-state index contributed by atoms with van der Waals surface area (Å²) in [6.07, 6.45) is 12.0. The highest BCUT2D eigenvalue weighted by Crippen LogP contribution is 2.36. The molecule has 5 nitrogen and oxygen atoms in total. The van der Waals surface area contributed by atoms with E-state index in [1.165, 1.54) is 17.5 Å². The van der Waals surface area contributed by atoms with Gasteiger partial charge in [-0.2, -0.15) is 0 Å². The number of likely N-dealkylation sites (tertiary alicyclic amines) is 1. The first-order valence-electron chi connectivity index (χ1n) is 13.1. The van der Waals surface area contributed by atoms with Crippen LogP contribution >= 0.6 is 0 Å². The van der Waals surface area contributed by atoms with Crippen LogP contribution in [0.25, 0.3) is 11.1 Å². The quantitative estimate of drug-likeness (QED) is 0.564. The lowest BCUT2D eigenvalue weighted by atomic mass is 9.83. The summed E-state index contributed by atoms with van der Waals surface area (Å²) in [5.74, 6) is 0.243. The van der Waals surface area contributed by atoms with Crippen LogP contribution < -0.4 is 5.32 Å². The topological polar surface area (TPSA) is 62.3 Å². The molecule has 2 aromatic rings. The minimum atomic E-state index is -0.421. The van der Waals surface area contributed by atoms with Crippen LogP contribution in [0.5, 0.6) is 0 Å². The third-order valence-electron chi connectivity index (χ3n) is 7.88. The Bertz CT molecular complexity index is 998. The van der Waals surface area contributed by atoms with Crippen LogP contribution in [0.3, 0.4) is 0 Å². The molecule has 1 aliphatic carbocycles. The van der Waals surface area contributed by atoms with Crippen molar-refractivity contribution >= 4 is 11.8 Å². The van der Waals surface area contributed by atoms with E-state index < -0.39 is 6.04 Å². The molecule has 1 aromatic heterocycles. The molecular weight excluding hydrogens is 422 g/mol. The predicted octanol–water partition coefficient (Wildman–Crippen LogP) is 5.83. The molecule has 2 heterocycles. The van der Waals surface area contributed by atoms with Crippen LogP contribution in [0.4, 0.5) is 0 Å². The first kappa shape index (κ1) is 24.4. The van der Waals surface area contributed by atoms with Gasteiger partial charge < -0.3 is 10.2 Å². The molecule has 2 fully saturated rings. The van der Waals surface area contributed by atoms with Gasteiger partial charge in [-0.3, -0.25) is 14.6 Å². The predicted molar refractivity (Wildman–Crippen MR) is 136 cm³/mol. The first-order valence-corrected chi connectivity index (χ1v) is 13.1. The maximum Gasteiger partial charge on any atom is 0.245 e. The van der Waals surface area contributed by atoms with Gasteiger partial charge in [-0.05, 0) is 67.7 Å². The Hall–Kier alpha value is -2.69. The average Bonchev–Trinajstić information content (AvgIpc) is 3.37. The molecule has 1 aliphatic heterocycles. The highest BCUT2D eigenvalue weighted by molar-refractivity contribution is 5.89. The van der Waals surface area contributed by atoms with Crippen molar-refractivity contribution in [1.82, 2.24) is 15.2 Å². The third-order valence-corrected chi connectivity index (χ3v) is 7.88. The van der Waals surface area contributed by atoms with Crippen molar-refractivity contribution in [2.45, 2.75) is 84.2 Å². The van der Waals surface area contributed by atoms with Gasteiger partial charge in [0, 0.05) is 30.4 Å². The van der Waals surface area contributed by atoms with Crippen molar-refractivity contribution in [2.24, 2.45) is 11.8 Å². The molecule has 0 spiro atoms. The molecule has 5 heteroatoms. The van der Waals surface area contributed by atoms with Gasteiger partial charge in [0.1, 0.15) is 6.04 Å². The fourth-order valence-electron chi connectivity index (χ4n) is 5.57. The van der Waals surface area contributed by atoms with Gasteiger partial charge in [-0.15, -0.1) is 0 Å². The van der Waals surface area contributed by atoms with Gasteiger partial charge in [-0.1, -0.05) is 57.4 Å². The van der Waals surface area contributed by atoms with E-state index in [0.717, 1.165) is 62.6 Å². The van der Waals surface area contributed by atoms with E-state index in [9.17, 15) is 9.59 Å². The zero-order valence-corrected chi connectivity index (χ0v) is 20.9. The van der Waals surface area contributed by atoms with Crippen LogP contribution in [-0.2, 0) is 9.59 Å². The van der Waals surface area contributed by atoms with Gasteiger partial charge >= 0.3 is 0 Å². The van der Waals surface area contributed by atoms with E-state index in [2.05, 4.69) is 41.5 Å². The fraction of sp³-hybridized carbons (Fsp3) is 0.552. The number of aromatic nitrogens is 1. The summed E-state index contributed by atoms with van der Waals surface area (Å²) >= 11 is 0. The lowest BCUT2D eigenvalue weighted by Gasteiger charge is -2.35. The van der Waals surface area contributed by atoms with Crippen molar-refractivity contribution in [3.63, 3.8) is 0 Å². The average molecular weight is 462 g/mol. The summed E-state index contributed by atoms with van der Waals surface area (Å²) in [7, 11) is 0. The molecular formula is C29H39N3O2. The number of aryl methyl sites for hydroxylation is 1. The van der Waals surface area contributed by atoms with Crippen LogP contribution in [0.15, 0.2) is 42.7 Å². The second-order valence-corrected chi connectivity index (χ2v) is 10.2. The Morgan fingerprint density at radius 2 is 1.85 bits per heavy atom. The second-order valence-electron chi connectivity index (χ2n) is 10.2. The lowest BCUT2D eigenvalue weighted by Crippen LogP contribution is -2.53. The largest absolute Gasteiger partial charge is 0.344 e. The minimum Gasteiger partial charge on any atom is -0.344 e. The van der Waals surface area contributed by atoms with Crippen LogP contribution in [0.2, 0.25) is 0 Å². The Morgan fingerprint density at radius 3 is 2.59 bits per heavy atom. The Balaban J connectivity index is 1.59. The molecule has 2 amide bonds. The molecule has 3 atom stereocenters. The highest BCUT2D eigenvalue weighted by atomic mass is 16.2. The molecule has 4 rings (SSSR count). The van der Waals surface area contributed by atoms with Crippen molar-refractivity contribution in [1.29, 1.82) is 0 Å². The van der Waals surface area contributed by atoms with Gasteiger partial charge in [0.15, 0.2) is 0 Å². The molecule has 1 saturated heterocycles. The summed E-state index contributed by atoms with van der Waals surface area (Å²) in [6.45, 7) is 6.81. The van der Waals surface area contributed by atoms with Gasteiger partial charge in [0.25, 0.3) is 0 Å². The Morgan fingerprint density at radius 1 is 1.09 bits per heavy atom. The normalized spacial score (nSPS) is 20.7. The Labute approximate surface area is 204 Å². The van der Waals surface area contributed by atoms with Crippen molar-refractivity contribution in [3.8, 4) is 11.1 Å². The molecule has 0 radical (unpaired) electrons. The van der Waals surface area contributed by atoms with Crippen molar-refractivity contribution < 1.29 is 9.59 Å². The van der Waals surface area contributed by atoms with Gasteiger partial charge in [0.2, 0.25) is 11.8 Å². The van der Waals surface area contributed by atoms with Gasteiger partial charge in [0.05, 0.1) is 6.04 Å². The number of carbonyl (C=O) groups excluding carboxylic acids is 2. The second kappa shape index (κ2) is 11.2. The van der Waals surface area contributed by atoms with E-state index >= 15 is 0 Å². The maximum absolute atomic E-state index is 14.0. The molecule has 1 N–H and O–H groups in total. The standard InChI is InChI=1S/C29H39N3O2/c1-4-20(2)28(33)31-27(22-12-6-5-7-13-22)29(34)32-16-10-15-26(32)24-17-23(18-30-19-24)25-14-9-8-11-21(25)3/h8-9,11,14,17-20,22,26-27H,4-7,10,12-13,15-16H2,1-3H3,(H,31,33). The van der Waals surface area contributed by atoms with Crippen LogP contribution in [0.1, 0.15) is 82.4 Å². The zero-order chi connectivity index (χ0) is 24.1. The van der Waals surface area contributed by atoms with Crippen molar-refractivity contribution in [3.05, 3.63) is 53.9 Å². The zero-order valence-electron chi connectivity index (χ0n) is 20.9. The summed E-state index contributed by atoms with van der Waals surface area (Å²) in [5, 5.41) is 3.19. The summed E-state index contributed by atoms with van der Waals surface area (Å²) in [5.41, 5.74) is 4.56. The summed E-state index contributed by atoms with van der Waals surface area (Å²) < 4.78 is 0. The lowest BCUT2D eigenvalue weighted by molar-refractivity contribution is -0.140. The van der Waals surface area contributed by atoms with Crippen molar-refractivity contribution in [2.75, 3.05) is 6.54 Å². The SMILES string of the molecule is CCC(C)C(=O)NC(C(=O)N1CCCC1c1cncc(-c2ccccc2C)c1)C1CCCCC1. The molecule has 0 bridgehead atoms. The molecule has 1 aromatic carbocycles. The van der Waals surface area contributed by atoms with Crippen LogP contribution in [-0.4, -0.2) is 34.3 Å². The highest BCUT2D eigenvalue weighted by Gasteiger charge is 2.39. The monoisotopic (exact) mass is 461 g/mol. The number of amides is 2. The summed E-state index contributed by atoms with van der Waals surface area (Å²) in [4.78, 5) is 33.4. The number of benzene rings is 1. The number of carbonyl (C=O) groups is 2. The Kier molecular flexibility index (Phi) is 8.02. The van der Waals surface area contributed by atoms with E-state index in [1.54, 1.807) is 0 Å². The first-order chi connectivity index (χ1) is 16.5. The third kappa shape index (κ3) is 5.34. The number of rotatable bonds is 7. The molecule has 2 aliphatic rings. The van der Waals surface area contributed by atoms with Crippen LogP contribution in [0, 0.1) is 18.8 Å². The molecule has 182 valence electrons. The molecule has 1 saturated carbocycles. The van der Waals surface area contributed by atoms with E-state index in [-0.39, 0.29) is 29.7 Å². The van der Waals surface area contributed by atoms with E-state index in [0.29, 0.717) is 0 Å². The molecule has 34 heavy (non-hydrogen) atoms. The fourth-order valence-corrected chi connectivity index (χ4v) is 5.57. The maximum atomic E-state index is 14.0. The van der Waals surface area contributed by atoms with Gasteiger partial charge in [-0.25, -0.2) is 0 Å². The number of pyridine rings is 1. The summed E-state index contributed by atoms with van der Waals surface area (Å²) in [6, 6.07) is 10.1. The minimum absolute atomic E-state index is 0.00499. The number of hydrogen-bond acceptors (Lipinski definition) is 3.